The summed E-state index contributed by atoms with van der Waals surface area (Å²) in [6.07, 6.45) is -2.11. The summed E-state index contributed by atoms with van der Waals surface area (Å²) in [5.41, 5.74) is -0.577. The van der Waals surface area contributed by atoms with Crippen molar-refractivity contribution < 1.29 is 29.2 Å². The van der Waals surface area contributed by atoms with Crippen molar-refractivity contribution in [1.29, 1.82) is 0 Å². The Bertz CT molecular complexity index is 256. The number of carbonyl (C=O) groups excluding carboxylic acids is 1. The first-order chi connectivity index (χ1) is 8.67. The summed E-state index contributed by atoms with van der Waals surface area (Å²) in [4.78, 5) is 11.5. The fourth-order valence-electron chi connectivity index (χ4n) is 1.58. The lowest BCUT2D eigenvalue weighted by atomic mass is 10.1. The smallest absolute Gasteiger partial charge is 0.308 e. The van der Waals surface area contributed by atoms with E-state index < -0.39 is 30.1 Å². The van der Waals surface area contributed by atoms with E-state index in [1.807, 2.05) is 0 Å². The summed E-state index contributed by atoms with van der Waals surface area (Å²) in [5.74, 6) is -0.484. The van der Waals surface area contributed by atoms with Gasteiger partial charge >= 0.3 is 5.97 Å². The summed E-state index contributed by atoms with van der Waals surface area (Å²) in [6, 6.07) is 0. The first kappa shape index (κ1) is 18.3. The van der Waals surface area contributed by atoms with Crippen molar-refractivity contribution in [2.45, 2.75) is 64.1 Å². The van der Waals surface area contributed by atoms with Crippen molar-refractivity contribution in [3.05, 3.63) is 0 Å². The molecule has 0 aromatic rings. The lowest BCUT2D eigenvalue weighted by molar-refractivity contribution is -0.157. The Morgan fingerprint density at radius 3 is 2.00 bits per heavy atom. The van der Waals surface area contributed by atoms with Gasteiger partial charge in [-0.05, 0) is 27.2 Å². The standard InChI is InChI=1S/C13H26O6/c1-13(2,3)19-11(16)7-9(14)6-10(15)8-12(17-4)18-5/h9-10,12,14-15H,6-8H2,1-5H3/t9-,10+/m0/s1. The third-order valence-corrected chi connectivity index (χ3v) is 2.36. The van der Waals surface area contributed by atoms with Gasteiger partial charge in [0.15, 0.2) is 6.29 Å². The molecular formula is C13H26O6. The van der Waals surface area contributed by atoms with Gasteiger partial charge in [-0.2, -0.15) is 0 Å². The maximum Gasteiger partial charge on any atom is 0.308 e. The molecule has 2 N–H and O–H groups in total. The van der Waals surface area contributed by atoms with E-state index in [0.29, 0.717) is 0 Å². The summed E-state index contributed by atoms with van der Waals surface area (Å²) in [7, 11) is 2.94. The molecule has 0 fully saturated rings. The second kappa shape index (κ2) is 8.47. The van der Waals surface area contributed by atoms with Gasteiger partial charge < -0.3 is 24.4 Å². The molecule has 0 rings (SSSR count). The minimum Gasteiger partial charge on any atom is -0.460 e. The molecule has 0 saturated heterocycles. The Balaban J connectivity index is 4.03. The summed E-state index contributed by atoms with van der Waals surface area (Å²) >= 11 is 0. The van der Waals surface area contributed by atoms with Gasteiger partial charge in [0.25, 0.3) is 0 Å². The molecule has 114 valence electrons. The van der Waals surface area contributed by atoms with E-state index in [9.17, 15) is 15.0 Å². The molecule has 2 atom stereocenters. The molecule has 0 aromatic carbocycles. The van der Waals surface area contributed by atoms with Gasteiger partial charge in [0.1, 0.15) is 5.60 Å². The summed E-state index contributed by atoms with van der Waals surface area (Å²) in [5, 5.41) is 19.4. The van der Waals surface area contributed by atoms with E-state index in [1.165, 1.54) is 14.2 Å². The predicted octanol–water partition coefficient (Wildman–Crippen LogP) is 0.839. The van der Waals surface area contributed by atoms with Crippen LogP contribution in [0.2, 0.25) is 0 Å². The quantitative estimate of drug-likeness (QED) is 0.505. The van der Waals surface area contributed by atoms with Crippen LogP contribution in [-0.2, 0) is 19.0 Å². The first-order valence-electron chi connectivity index (χ1n) is 6.31. The van der Waals surface area contributed by atoms with Gasteiger partial charge in [-0.1, -0.05) is 0 Å². The van der Waals surface area contributed by atoms with E-state index in [-0.39, 0.29) is 19.3 Å². The Kier molecular flexibility index (Phi) is 8.17. The Morgan fingerprint density at radius 1 is 1.05 bits per heavy atom. The van der Waals surface area contributed by atoms with Crippen LogP contribution in [0.15, 0.2) is 0 Å². The molecule has 19 heavy (non-hydrogen) atoms. The highest BCUT2D eigenvalue weighted by Crippen LogP contribution is 2.13. The third kappa shape index (κ3) is 9.84. The molecule has 0 aliphatic carbocycles. The van der Waals surface area contributed by atoms with Crippen LogP contribution in [0.25, 0.3) is 0 Å². The lowest BCUT2D eigenvalue weighted by Crippen LogP contribution is -2.29. The van der Waals surface area contributed by atoms with Crippen LogP contribution in [0.5, 0.6) is 0 Å². The van der Waals surface area contributed by atoms with E-state index in [2.05, 4.69) is 0 Å². The largest absolute Gasteiger partial charge is 0.460 e. The van der Waals surface area contributed by atoms with Gasteiger partial charge in [-0.25, -0.2) is 0 Å². The number of esters is 1. The van der Waals surface area contributed by atoms with E-state index in [0.717, 1.165) is 0 Å². The second-order valence-corrected chi connectivity index (χ2v) is 5.47. The highest BCUT2D eigenvalue weighted by atomic mass is 16.7. The van der Waals surface area contributed by atoms with E-state index in [4.69, 9.17) is 14.2 Å². The molecule has 0 aliphatic heterocycles. The number of methoxy groups -OCH3 is 2. The van der Waals surface area contributed by atoms with Crippen LogP contribution in [0, 0.1) is 0 Å². The zero-order valence-electron chi connectivity index (χ0n) is 12.4. The second-order valence-electron chi connectivity index (χ2n) is 5.47. The van der Waals surface area contributed by atoms with Crippen molar-refractivity contribution in [2.75, 3.05) is 14.2 Å². The van der Waals surface area contributed by atoms with Gasteiger partial charge in [0.2, 0.25) is 0 Å². The molecule has 0 unspecified atom stereocenters. The normalized spacial score (nSPS) is 15.4. The minimum atomic E-state index is -0.945. The number of aliphatic hydroxyl groups excluding tert-OH is 2. The average Bonchev–Trinajstić information content (AvgIpc) is 2.22. The Hall–Kier alpha value is -0.690. The molecule has 0 bridgehead atoms. The monoisotopic (exact) mass is 278 g/mol. The first-order valence-corrected chi connectivity index (χ1v) is 6.31. The van der Waals surface area contributed by atoms with Crippen molar-refractivity contribution >= 4 is 5.97 Å². The van der Waals surface area contributed by atoms with Crippen molar-refractivity contribution in [3.8, 4) is 0 Å². The number of hydrogen-bond acceptors (Lipinski definition) is 6. The van der Waals surface area contributed by atoms with Crippen LogP contribution >= 0.6 is 0 Å². The molecule has 0 heterocycles. The molecule has 0 saturated carbocycles. The maximum atomic E-state index is 11.5. The van der Waals surface area contributed by atoms with Crippen LogP contribution in [-0.4, -0.2) is 54.5 Å². The molecule has 0 spiro atoms. The van der Waals surface area contributed by atoms with Crippen LogP contribution < -0.4 is 0 Å². The van der Waals surface area contributed by atoms with Gasteiger partial charge in [0.05, 0.1) is 18.6 Å². The molecule has 6 heteroatoms. The number of carbonyl (C=O) groups is 1. The summed E-state index contributed by atoms with van der Waals surface area (Å²) < 4.78 is 15.0. The van der Waals surface area contributed by atoms with Crippen molar-refractivity contribution in [2.24, 2.45) is 0 Å². The zero-order valence-corrected chi connectivity index (χ0v) is 12.4. The Labute approximate surface area is 114 Å². The third-order valence-electron chi connectivity index (χ3n) is 2.36. The molecule has 6 nitrogen and oxygen atoms in total. The molecule has 0 amide bonds. The van der Waals surface area contributed by atoms with E-state index >= 15 is 0 Å². The molecule has 0 aliphatic rings. The summed E-state index contributed by atoms with van der Waals surface area (Å²) in [6.45, 7) is 5.27. The highest BCUT2D eigenvalue weighted by Gasteiger charge is 2.22. The lowest BCUT2D eigenvalue weighted by Gasteiger charge is -2.22. The van der Waals surface area contributed by atoms with Crippen LogP contribution in [0.1, 0.15) is 40.0 Å². The number of rotatable bonds is 8. The fourth-order valence-corrected chi connectivity index (χ4v) is 1.58. The van der Waals surface area contributed by atoms with Gasteiger partial charge in [-0.15, -0.1) is 0 Å². The number of ether oxygens (including phenoxy) is 3. The zero-order chi connectivity index (χ0) is 15.1. The number of aliphatic hydroxyl groups is 2. The Morgan fingerprint density at radius 2 is 1.58 bits per heavy atom. The highest BCUT2D eigenvalue weighted by molar-refractivity contribution is 5.70. The molecule has 0 aromatic heterocycles. The SMILES string of the molecule is COC(C[C@H](O)C[C@H](O)CC(=O)OC(C)(C)C)OC. The van der Waals surface area contributed by atoms with E-state index in [1.54, 1.807) is 20.8 Å². The molecule has 0 radical (unpaired) electrons. The minimum absolute atomic E-state index is 0.0719. The predicted molar refractivity (Wildman–Crippen MR) is 69.5 cm³/mol. The van der Waals surface area contributed by atoms with Gasteiger partial charge in [-0.3, -0.25) is 4.79 Å². The maximum absolute atomic E-state index is 11.5. The van der Waals surface area contributed by atoms with Crippen molar-refractivity contribution in [3.63, 3.8) is 0 Å². The number of hydrogen-bond donors (Lipinski definition) is 2. The van der Waals surface area contributed by atoms with Gasteiger partial charge in [0, 0.05) is 20.6 Å². The fraction of sp³-hybridized carbons (Fsp3) is 0.923. The molecular weight excluding hydrogens is 252 g/mol. The average molecular weight is 278 g/mol. The van der Waals surface area contributed by atoms with Crippen LogP contribution in [0.3, 0.4) is 0 Å². The van der Waals surface area contributed by atoms with Crippen molar-refractivity contribution in [1.82, 2.24) is 0 Å². The topological polar surface area (TPSA) is 85.2 Å². The van der Waals surface area contributed by atoms with Crippen LogP contribution in [0.4, 0.5) is 0 Å².